The predicted molar refractivity (Wildman–Crippen MR) is 96.3 cm³/mol. The Kier molecular flexibility index (Phi) is 8.11. The Morgan fingerprint density at radius 1 is 1.04 bits per heavy atom. The van der Waals surface area contributed by atoms with Crippen LogP contribution in [-0.2, 0) is 15.9 Å². The van der Waals surface area contributed by atoms with Gasteiger partial charge in [-0.1, -0.05) is 70.6 Å². The van der Waals surface area contributed by atoms with Gasteiger partial charge < -0.3 is 9.47 Å². The van der Waals surface area contributed by atoms with Gasteiger partial charge >= 0.3 is 0 Å². The molecule has 1 heterocycles. The molecule has 2 atom stereocenters. The van der Waals surface area contributed by atoms with Crippen LogP contribution in [0.1, 0.15) is 71.3 Å². The molecular formula is C21H34O2. The third-order valence-electron chi connectivity index (χ3n) is 5.02. The lowest BCUT2D eigenvalue weighted by Gasteiger charge is -2.28. The highest BCUT2D eigenvalue weighted by Gasteiger charge is 2.21. The zero-order chi connectivity index (χ0) is 16.5. The summed E-state index contributed by atoms with van der Waals surface area (Å²) in [6, 6.07) is 6.67. The molecule has 2 aliphatic carbocycles. The summed E-state index contributed by atoms with van der Waals surface area (Å²) < 4.78 is 10.8. The Hall–Kier alpha value is -0.860. The first-order chi connectivity index (χ1) is 11.3. The van der Waals surface area contributed by atoms with Gasteiger partial charge in [0.05, 0.1) is 12.7 Å². The molecule has 0 aromatic carbocycles. The zero-order valence-corrected chi connectivity index (χ0v) is 15.3. The van der Waals surface area contributed by atoms with Crippen molar-refractivity contribution in [3.8, 4) is 0 Å². The van der Waals surface area contributed by atoms with Crippen molar-refractivity contribution in [2.24, 2.45) is 5.92 Å². The maximum absolute atomic E-state index is 5.45. The number of unbranched alkanes of at least 4 members (excludes halogenated alkanes) is 4. The molecule has 0 aromatic heterocycles. The van der Waals surface area contributed by atoms with E-state index in [-0.39, 0.29) is 0 Å². The van der Waals surface area contributed by atoms with Crippen LogP contribution in [0, 0.1) is 16.4 Å². The highest BCUT2D eigenvalue weighted by molar-refractivity contribution is 5.33. The van der Waals surface area contributed by atoms with E-state index in [4.69, 9.17) is 9.47 Å². The standard InChI is InChI=1S/C12H24O2.C9H10/c1-3-4-5-6-7-8-12-9-13-10-14-11(12)2;1-2-3-7-6-8-4-5-9(7)8/h11-12H,3-10H2,1-2H3;4-6H,2-3H2,1H3. The first kappa shape index (κ1) is 18.5. The van der Waals surface area contributed by atoms with Crippen LogP contribution in [0.5, 0.6) is 0 Å². The Bertz CT molecular complexity index is 537. The third kappa shape index (κ3) is 5.61. The van der Waals surface area contributed by atoms with Gasteiger partial charge in [0.2, 0.25) is 0 Å². The van der Waals surface area contributed by atoms with E-state index in [0.717, 1.165) is 6.61 Å². The molecule has 0 bridgehead atoms. The van der Waals surface area contributed by atoms with Crippen LogP contribution < -0.4 is 0 Å². The first-order valence-electron chi connectivity index (χ1n) is 9.58. The minimum Gasteiger partial charge on any atom is -0.355 e. The van der Waals surface area contributed by atoms with Gasteiger partial charge in [0.25, 0.3) is 0 Å². The summed E-state index contributed by atoms with van der Waals surface area (Å²) in [7, 11) is 0. The van der Waals surface area contributed by atoms with Crippen molar-refractivity contribution in [1.29, 1.82) is 0 Å². The first-order valence-corrected chi connectivity index (χ1v) is 9.58. The van der Waals surface area contributed by atoms with Gasteiger partial charge in [-0.2, -0.15) is 0 Å². The third-order valence-corrected chi connectivity index (χ3v) is 5.02. The molecule has 2 heteroatoms. The minimum atomic E-state index is 0.398. The summed E-state index contributed by atoms with van der Waals surface area (Å²) in [5.74, 6) is 0.630. The Balaban J connectivity index is 0.000000182. The second-order valence-corrected chi connectivity index (χ2v) is 6.95. The average molecular weight is 319 g/mol. The maximum Gasteiger partial charge on any atom is 0.147 e. The van der Waals surface area contributed by atoms with Crippen LogP contribution >= 0.6 is 0 Å². The molecule has 1 saturated heterocycles. The van der Waals surface area contributed by atoms with Crippen LogP contribution in [0.15, 0.2) is 18.2 Å². The van der Waals surface area contributed by atoms with Gasteiger partial charge in [0, 0.05) is 5.92 Å². The molecule has 1 aliphatic heterocycles. The number of aryl methyl sites for hydroxylation is 1. The van der Waals surface area contributed by atoms with Gasteiger partial charge in [0.1, 0.15) is 6.79 Å². The molecular weight excluding hydrogens is 284 g/mol. The molecule has 1 fully saturated rings. The fraction of sp³-hybridized carbons (Fsp3) is 0.714. The number of benzene rings is 1. The summed E-state index contributed by atoms with van der Waals surface area (Å²) in [5.41, 5.74) is 1.56. The fourth-order valence-corrected chi connectivity index (χ4v) is 3.30. The molecule has 0 spiro atoms. The van der Waals surface area contributed by atoms with Gasteiger partial charge in [0.15, 0.2) is 0 Å². The smallest absolute Gasteiger partial charge is 0.147 e. The van der Waals surface area contributed by atoms with Gasteiger partial charge in [-0.05, 0) is 35.8 Å². The molecule has 0 saturated carbocycles. The van der Waals surface area contributed by atoms with Crippen LogP contribution in [0.3, 0.4) is 0 Å². The molecule has 0 amide bonds. The van der Waals surface area contributed by atoms with Crippen molar-refractivity contribution in [2.75, 3.05) is 13.4 Å². The van der Waals surface area contributed by atoms with Gasteiger partial charge in [-0.3, -0.25) is 0 Å². The lowest BCUT2D eigenvalue weighted by molar-refractivity contribution is -0.165. The Labute approximate surface area is 141 Å². The van der Waals surface area contributed by atoms with Crippen LogP contribution in [-0.4, -0.2) is 19.5 Å². The van der Waals surface area contributed by atoms with Crippen LogP contribution in [0.4, 0.5) is 0 Å². The van der Waals surface area contributed by atoms with E-state index in [1.807, 2.05) is 0 Å². The van der Waals surface area contributed by atoms with E-state index in [1.54, 1.807) is 5.56 Å². The highest BCUT2D eigenvalue weighted by atomic mass is 16.7. The van der Waals surface area contributed by atoms with Crippen molar-refractivity contribution in [3.05, 3.63) is 34.2 Å². The monoisotopic (exact) mass is 318 g/mol. The largest absolute Gasteiger partial charge is 0.355 e. The quantitative estimate of drug-likeness (QED) is 0.590. The van der Waals surface area contributed by atoms with Crippen molar-refractivity contribution >= 4 is 0 Å². The average Bonchev–Trinajstić information content (AvgIpc) is 2.54. The molecule has 0 N–H and O–H groups in total. The van der Waals surface area contributed by atoms with E-state index in [9.17, 15) is 0 Å². The zero-order valence-electron chi connectivity index (χ0n) is 15.3. The van der Waals surface area contributed by atoms with E-state index in [1.165, 1.54) is 61.8 Å². The number of rotatable bonds is 8. The number of hydrogen-bond acceptors (Lipinski definition) is 2. The number of hydrogen-bond donors (Lipinski definition) is 0. The van der Waals surface area contributed by atoms with Crippen molar-refractivity contribution < 1.29 is 9.47 Å². The summed E-state index contributed by atoms with van der Waals surface area (Å²) in [4.78, 5) is 0. The van der Waals surface area contributed by atoms with E-state index in [0.29, 0.717) is 18.8 Å². The molecule has 0 aromatic rings. The maximum atomic E-state index is 5.45. The van der Waals surface area contributed by atoms with Crippen molar-refractivity contribution in [3.63, 3.8) is 0 Å². The summed E-state index contributed by atoms with van der Waals surface area (Å²) in [6.07, 6.45) is 11.0. The minimum absolute atomic E-state index is 0.398. The molecule has 3 rings (SSSR count). The van der Waals surface area contributed by atoms with Gasteiger partial charge in [-0.25, -0.2) is 0 Å². The summed E-state index contributed by atoms with van der Waals surface area (Å²) in [6.45, 7) is 8.04. The second kappa shape index (κ2) is 10.1. The summed E-state index contributed by atoms with van der Waals surface area (Å²) in [5, 5.41) is 3.00. The Morgan fingerprint density at radius 2 is 1.87 bits per heavy atom. The highest BCUT2D eigenvalue weighted by Crippen LogP contribution is 2.20. The molecule has 130 valence electrons. The van der Waals surface area contributed by atoms with Crippen LogP contribution in [0.25, 0.3) is 0 Å². The van der Waals surface area contributed by atoms with E-state index in [2.05, 4.69) is 39.0 Å². The second-order valence-electron chi connectivity index (χ2n) is 6.95. The van der Waals surface area contributed by atoms with E-state index >= 15 is 0 Å². The molecule has 0 radical (unpaired) electrons. The Morgan fingerprint density at radius 3 is 2.43 bits per heavy atom. The van der Waals surface area contributed by atoms with Crippen molar-refractivity contribution in [2.45, 2.75) is 78.2 Å². The SMILES string of the molecule is CCCCCCCC1COCOC1C.CCCc1cc2ccc1=2. The summed E-state index contributed by atoms with van der Waals surface area (Å²) >= 11 is 0. The number of ether oxygens (including phenoxy) is 2. The molecule has 3 aliphatic rings. The van der Waals surface area contributed by atoms with Gasteiger partial charge in [-0.15, -0.1) is 0 Å². The molecule has 2 nitrogen and oxygen atoms in total. The van der Waals surface area contributed by atoms with E-state index < -0.39 is 0 Å². The lowest BCUT2D eigenvalue weighted by Crippen LogP contribution is -2.31. The van der Waals surface area contributed by atoms with Crippen LogP contribution in [0.2, 0.25) is 0 Å². The molecule has 2 unspecified atom stereocenters. The van der Waals surface area contributed by atoms with Crippen molar-refractivity contribution in [1.82, 2.24) is 0 Å². The fourth-order valence-electron chi connectivity index (χ4n) is 3.30. The molecule has 23 heavy (non-hydrogen) atoms. The normalized spacial score (nSPS) is 21.5. The predicted octanol–water partition coefficient (Wildman–Crippen LogP) is 5.60. The lowest BCUT2D eigenvalue weighted by atomic mass is 9.96. The topological polar surface area (TPSA) is 18.5 Å².